The van der Waals surface area contributed by atoms with Crippen molar-refractivity contribution in [2.75, 3.05) is 5.73 Å². The Labute approximate surface area is 294 Å². The summed E-state index contributed by atoms with van der Waals surface area (Å²) in [6.07, 6.45) is 7.27. The van der Waals surface area contributed by atoms with Gasteiger partial charge < -0.3 is 15.2 Å². The molecule has 12 nitrogen and oxygen atoms in total. The minimum absolute atomic E-state index is 0.0270. The van der Waals surface area contributed by atoms with Gasteiger partial charge in [-0.05, 0) is 80.2 Å². The van der Waals surface area contributed by atoms with E-state index in [0.29, 0.717) is 40.4 Å². The molecule has 1 saturated carbocycles. The second-order valence-corrected chi connectivity index (χ2v) is 14.4. The maximum Gasteiger partial charge on any atom is 0.310 e. The number of nitrogens with two attached hydrogens (primary N) is 1. The molecule has 1 atom stereocenters. The lowest BCUT2D eigenvalue weighted by molar-refractivity contribution is -0.163. The predicted molar refractivity (Wildman–Crippen MR) is 189 cm³/mol. The largest absolute Gasteiger partial charge is 0.460 e. The number of ether oxygens (including phenoxy) is 2. The van der Waals surface area contributed by atoms with Gasteiger partial charge in [0.15, 0.2) is 5.82 Å². The van der Waals surface area contributed by atoms with Crippen LogP contribution < -0.4 is 11.3 Å². The summed E-state index contributed by atoms with van der Waals surface area (Å²) < 4.78 is 30.0. The minimum atomic E-state index is -0.799. The van der Waals surface area contributed by atoms with Gasteiger partial charge in [0.05, 0.1) is 29.6 Å². The third-order valence-electron chi connectivity index (χ3n) is 8.77. The lowest BCUT2D eigenvalue weighted by atomic mass is 9.92. The number of benzene rings is 2. The lowest BCUT2D eigenvalue weighted by Gasteiger charge is -2.24. The molecule has 0 amide bonds. The van der Waals surface area contributed by atoms with Gasteiger partial charge in [-0.1, -0.05) is 32.0 Å². The van der Waals surface area contributed by atoms with Crippen LogP contribution in [0.4, 0.5) is 10.3 Å². The van der Waals surface area contributed by atoms with Crippen molar-refractivity contribution in [3.05, 3.63) is 93.7 Å². The zero-order chi connectivity index (χ0) is 36.6. The minimum Gasteiger partial charge on any atom is -0.460 e. The van der Waals surface area contributed by atoms with Gasteiger partial charge in [0.25, 0.3) is 5.56 Å². The molecule has 6 rings (SSSR count). The Morgan fingerprint density at radius 1 is 1.10 bits per heavy atom. The van der Waals surface area contributed by atoms with Crippen LogP contribution in [-0.4, -0.2) is 46.8 Å². The molecule has 0 bridgehead atoms. The van der Waals surface area contributed by atoms with Crippen LogP contribution in [0.25, 0.3) is 27.8 Å². The van der Waals surface area contributed by atoms with Crippen molar-refractivity contribution in [2.24, 2.45) is 18.9 Å². The van der Waals surface area contributed by atoms with E-state index in [1.807, 2.05) is 26.1 Å². The molecule has 2 aromatic carbocycles. The number of fused-ring (bicyclic) bond motifs is 1. The van der Waals surface area contributed by atoms with Crippen molar-refractivity contribution >= 4 is 28.7 Å². The number of hydrogen-bond acceptors (Lipinski definition) is 10. The zero-order valence-electron chi connectivity index (χ0n) is 29.6. The van der Waals surface area contributed by atoms with Crippen LogP contribution in [0.15, 0.2) is 59.8 Å². The normalized spacial score (nSPS) is 13.8. The van der Waals surface area contributed by atoms with Crippen molar-refractivity contribution < 1.29 is 23.5 Å². The topological polar surface area (TPSA) is 157 Å². The Balaban J connectivity index is 1.42. The highest BCUT2D eigenvalue weighted by Gasteiger charge is 2.30. The first-order valence-electron chi connectivity index (χ1n) is 17.0. The second-order valence-electron chi connectivity index (χ2n) is 14.4. The molecule has 0 spiro atoms. The van der Waals surface area contributed by atoms with Crippen molar-refractivity contribution in [3.63, 3.8) is 0 Å². The van der Waals surface area contributed by atoms with E-state index < -0.39 is 34.8 Å². The summed E-state index contributed by atoms with van der Waals surface area (Å²) in [6.45, 7) is 8.60. The maximum absolute atomic E-state index is 15.6. The molecule has 2 N–H and O–H groups in total. The monoisotopic (exact) mass is 695 g/mol. The fourth-order valence-corrected chi connectivity index (χ4v) is 6.14. The molecule has 1 fully saturated rings. The van der Waals surface area contributed by atoms with Crippen molar-refractivity contribution in [3.8, 4) is 17.1 Å². The summed E-state index contributed by atoms with van der Waals surface area (Å²) in [7, 11) is 1.81. The molecule has 0 aliphatic heterocycles. The van der Waals surface area contributed by atoms with Gasteiger partial charge >= 0.3 is 11.9 Å². The van der Waals surface area contributed by atoms with Gasteiger partial charge in [0, 0.05) is 37.0 Å². The molecule has 51 heavy (non-hydrogen) atoms. The number of aromatic nitrogens is 6. The number of aryl methyl sites for hydroxylation is 1. The van der Waals surface area contributed by atoms with Gasteiger partial charge in [-0.25, -0.2) is 9.37 Å². The summed E-state index contributed by atoms with van der Waals surface area (Å²) >= 11 is 0. The molecule has 1 aliphatic rings. The van der Waals surface area contributed by atoms with Crippen LogP contribution >= 0.6 is 0 Å². The molecule has 0 radical (unpaired) electrons. The molecule has 13 heteroatoms. The average molecular weight is 696 g/mol. The summed E-state index contributed by atoms with van der Waals surface area (Å²) in [4.78, 5) is 53.8. The van der Waals surface area contributed by atoms with Crippen LogP contribution in [0.1, 0.15) is 82.3 Å². The Bertz CT molecular complexity index is 2180. The number of nitrogens with zero attached hydrogens (tertiary/aromatic N) is 6. The van der Waals surface area contributed by atoms with Crippen LogP contribution in [0.5, 0.6) is 0 Å². The first-order valence-corrected chi connectivity index (χ1v) is 17.0. The number of esters is 2. The van der Waals surface area contributed by atoms with E-state index in [1.165, 1.54) is 10.6 Å². The van der Waals surface area contributed by atoms with Gasteiger partial charge in [-0.2, -0.15) is 15.1 Å². The predicted octanol–water partition coefficient (Wildman–Crippen LogP) is 5.81. The number of anilines is 1. The Hall–Kier alpha value is -5.46. The third kappa shape index (κ3) is 8.13. The highest BCUT2D eigenvalue weighted by molar-refractivity contribution is 5.84. The van der Waals surface area contributed by atoms with Gasteiger partial charge in [0.1, 0.15) is 23.8 Å². The fraction of sp³-hybridized carbons (Fsp3) is 0.395. The summed E-state index contributed by atoms with van der Waals surface area (Å²) in [5.74, 6) is -1.91. The van der Waals surface area contributed by atoms with Gasteiger partial charge in [-0.15, -0.1) is 0 Å². The number of hydrogen-bond donors (Lipinski definition) is 1. The van der Waals surface area contributed by atoms with E-state index >= 15 is 4.39 Å². The van der Waals surface area contributed by atoms with Crippen LogP contribution in [0, 0.1) is 17.7 Å². The van der Waals surface area contributed by atoms with E-state index in [0.717, 1.165) is 24.0 Å². The lowest BCUT2D eigenvalue weighted by Crippen LogP contribution is -2.30. The van der Waals surface area contributed by atoms with Crippen LogP contribution in [0.2, 0.25) is 0 Å². The fourth-order valence-electron chi connectivity index (χ4n) is 6.14. The van der Waals surface area contributed by atoms with Crippen LogP contribution in [-0.2, 0) is 39.1 Å². The standard InChI is InChI=1S/C38H42FN7O5/c1-21(2)27(17-32(47)51-38(3,4)5)36(49)50-20-28-26(34-42-31(43-37(40)44-34)14-22-18-41-45(6)19-22)8-7-9-30(28)46-13-12-24-15-25(23-10-11-23)16-29(39)33(24)35(46)48/h7-9,12-13,15-16,18-19,21,23,27H,10-11,14,17,20H2,1-6H3,(H2,40,42,43,44)/t27-/m0/s1. The molecule has 5 aromatic rings. The Kier molecular flexibility index (Phi) is 9.74. The zero-order valence-corrected chi connectivity index (χ0v) is 29.6. The second kappa shape index (κ2) is 14.0. The number of nitrogen functional groups attached to an aromatic ring is 1. The van der Waals surface area contributed by atoms with Crippen molar-refractivity contribution in [1.29, 1.82) is 0 Å². The quantitative estimate of drug-likeness (QED) is 0.167. The molecule has 1 aliphatic carbocycles. The van der Waals surface area contributed by atoms with Crippen molar-refractivity contribution in [1.82, 2.24) is 29.3 Å². The summed E-state index contributed by atoms with van der Waals surface area (Å²) in [5.41, 5.74) is 7.75. The molecular weight excluding hydrogens is 653 g/mol. The third-order valence-corrected chi connectivity index (χ3v) is 8.77. The number of rotatable bonds is 11. The van der Waals surface area contributed by atoms with E-state index in [9.17, 15) is 14.4 Å². The highest BCUT2D eigenvalue weighted by Crippen LogP contribution is 2.41. The van der Waals surface area contributed by atoms with Gasteiger partial charge in [-0.3, -0.25) is 23.6 Å². The van der Waals surface area contributed by atoms with Crippen LogP contribution in [0.3, 0.4) is 0 Å². The van der Waals surface area contributed by atoms with E-state index in [-0.39, 0.29) is 36.1 Å². The molecular formula is C38H42FN7O5. The van der Waals surface area contributed by atoms with E-state index in [1.54, 1.807) is 69.2 Å². The van der Waals surface area contributed by atoms with Crippen molar-refractivity contribution in [2.45, 2.75) is 78.4 Å². The summed E-state index contributed by atoms with van der Waals surface area (Å²) in [5, 5.41) is 4.67. The first kappa shape index (κ1) is 35.4. The molecule has 3 heterocycles. The number of carbonyl (C=O) groups excluding carboxylic acids is 2. The van der Waals surface area contributed by atoms with E-state index in [2.05, 4.69) is 15.1 Å². The number of pyridine rings is 1. The highest BCUT2D eigenvalue weighted by atomic mass is 19.1. The molecule has 0 saturated heterocycles. The number of carbonyl (C=O) groups is 2. The average Bonchev–Trinajstić information content (AvgIpc) is 3.82. The molecule has 266 valence electrons. The smallest absolute Gasteiger partial charge is 0.310 e. The van der Waals surface area contributed by atoms with E-state index in [4.69, 9.17) is 20.2 Å². The van der Waals surface area contributed by atoms with Gasteiger partial charge in [0.2, 0.25) is 5.95 Å². The summed E-state index contributed by atoms with van der Waals surface area (Å²) in [6, 6.07) is 10.1. The SMILES string of the molecule is CC(C)[C@H](CC(=O)OC(C)(C)C)C(=O)OCc1c(-c2nc(N)nc(Cc3cnn(C)c3)n2)cccc1-n1ccc2cc(C3CC3)cc(F)c2c1=O. The maximum atomic E-state index is 15.6. The molecule has 0 unspecified atom stereocenters. The first-order chi connectivity index (χ1) is 24.2. The number of halogens is 1. The Morgan fingerprint density at radius 2 is 1.86 bits per heavy atom. The Morgan fingerprint density at radius 3 is 2.53 bits per heavy atom. The molecule has 3 aromatic heterocycles.